The van der Waals surface area contributed by atoms with Gasteiger partial charge in [-0.3, -0.25) is 18.6 Å². The molecule has 0 bridgehead atoms. The number of nitrogens with one attached hydrogen (secondary N) is 1. The summed E-state index contributed by atoms with van der Waals surface area (Å²) in [5.41, 5.74) is 1.65. The predicted octanol–water partition coefficient (Wildman–Crippen LogP) is 3.40. The Morgan fingerprint density at radius 1 is 1.06 bits per heavy atom. The third-order valence-corrected chi connectivity index (χ3v) is 6.28. The first kappa shape index (κ1) is 25.2. The number of aryl methyl sites for hydroxylation is 2. The standard InChI is InChI=1S/C27H33N5O4/c1-18(2)14-16-31-26(34)21-7-5-6-8-22(21)32-24(29-30-27(31)32)11-12-25(33)28-15-13-19-17-20(35-3)9-10-23(19)36-4/h5-10,17-18H,11-16H2,1-4H3,(H,28,33). The Balaban J connectivity index is 1.48. The second-order valence-corrected chi connectivity index (χ2v) is 9.19. The minimum Gasteiger partial charge on any atom is -0.497 e. The maximum atomic E-state index is 13.2. The Hall–Kier alpha value is -3.88. The summed E-state index contributed by atoms with van der Waals surface area (Å²) in [5.74, 6) is 3.05. The van der Waals surface area contributed by atoms with Gasteiger partial charge in [-0.05, 0) is 54.7 Å². The van der Waals surface area contributed by atoms with Gasteiger partial charge in [0.05, 0.1) is 25.1 Å². The Morgan fingerprint density at radius 2 is 1.86 bits per heavy atom. The number of ether oxygens (including phenoxy) is 2. The summed E-state index contributed by atoms with van der Waals surface area (Å²) < 4.78 is 14.3. The Kier molecular flexibility index (Phi) is 7.87. The topological polar surface area (TPSA) is 99.8 Å². The number of nitrogens with zero attached hydrogens (tertiary/aromatic N) is 4. The fraction of sp³-hybridized carbons (Fsp3) is 0.407. The Labute approximate surface area is 210 Å². The number of hydrogen-bond donors (Lipinski definition) is 1. The van der Waals surface area contributed by atoms with Crippen LogP contribution in [0.2, 0.25) is 0 Å². The van der Waals surface area contributed by atoms with Crippen molar-refractivity contribution in [1.29, 1.82) is 0 Å². The van der Waals surface area contributed by atoms with E-state index in [2.05, 4.69) is 29.4 Å². The van der Waals surface area contributed by atoms with Crippen molar-refractivity contribution < 1.29 is 14.3 Å². The van der Waals surface area contributed by atoms with Crippen molar-refractivity contribution in [3.05, 3.63) is 64.2 Å². The van der Waals surface area contributed by atoms with Crippen LogP contribution in [0.4, 0.5) is 0 Å². The molecule has 190 valence electrons. The average Bonchev–Trinajstić information content (AvgIpc) is 3.31. The highest BCUT2D eigenvalue weighted by atomic mass is 16.5. The van der Waals surface area contributed by atoms with E-state index in [4.69, 9.17) is 9.47 Å². The number of aromatic nitrogens is 4. The van der Waals surface area contributed by atoms with Crippen LogP contribution in [0.25, 0.3) is 16.7 Å². The second kappa shape index (κ2) is 11.2. The molecule has 0 unspecified atom stereocenters. The van der Waals surface area contributed by atoms with Gasteiger partial charge < -0.3 is 14.8 Å². The number of rotatable bonds is 11. The van der Waals surface area contributed by atoms with Crippen LogP contribution in [0.5, 0.6) is 11.5 Å². The first-order valence-electron chi connectivity index (χ1n) is 12.3. The summed E-state index contributed by atoms with van der Waals surface area (Å²) in [6, 6.07) is 13.1. The smallest absolute Gasteiger partial charge is 0.262 e. The van der Waals surface area contributed by atoms with Crippen LogP contribution in [0, 0.1) is 5.92 Å². The van der Waals surface area contributed by atoms with E-state index in [1.807, 2.05) is 46.9 Å². The van der Waals surface area contributed by atoms with Gasteiger partial charge in [-0.25, -0.2) is 0 Å². The van der Waals surface area contributed by atoms with Crippen molar-refractivity contribution in [3.63, 3.8) is 0 Å². The molecular weight excluding hydrogens is 458 g/mol. The molecule has 1 N–H and O–H groups in total. The number of para-hydroxylation sites is 1. The fourth-order valence-corrected chi connectivity index (χ4v) is 4.29. The van der Waals surface area contributed by atoms with Gasteiger partial charge in [0.1, 0.15) is 17.3 Å². The van der Waals surface area contributed by atoms with Gasteiger partial charge in [0.15, 0.2) is 0 Å². The Bertz CT molecular complexity index is 1420. The molecular formula is C27H33N5O4. The van der Waals surface area contributed by atoms with Crippen LogP contribution in [-0.2, 0) is 24.2 Å². The van der Waals surface area contributed by atoms with E-state index in [1.54, 1.807) is 18.8 Å². The fourth-order valence-electron chi connectivity index (χ4n) is 4.29. The molecule has 0 saturated heterocycles. The van der Waals surface area contributed by atoms with Gasteiger partial charge in [0.25, 0.3) is 5.56 Å². The van der Waals surface area contributed by atoms with E-state index in [1.165, 1.54) is 0 Å². The van der Waals surface area contributed by atoms with Gasteiger partial charge in [0, 0.05) is 25.9 Å². The normalized spacial score (nSPS) is 11.4. The van der Waals surface area contributed by atoms with E-state index in [0.717, 1.165) is 29.0 Å². The summed E-state index contributed by atoms with van der Waals surface area (Å²) in [6.45, 7) is 5.29. The molecule has 0 aliphatic carbocycles. The molecule has 0 fully saturated rings. The molecule has 0 aliphatic rings. The van der Waals surface area contributed by atoms with Crippen molar-refractivity contribution in [2.75, 3.05) is 20.8 Å². The van der Waals surface area contributed by atoms with Gasteiger partial charge >= 0.3 is 0 Å². The van der Waals surface area contributed by atoms with Crippen molar-refractivity contribution >= 4 is 22.6 Å². The zero-order chi connectivity index (χ0) is 25.7. The SMILES string of the molecule is COc1ccc(OC)c(CCNC(=O)CCc2nnc3n(CCC(C)C)c(=O)c4ccccc4n23)c1. The number of carbonyl (C=O) groups is 1. The lowest BCUT2D eigenvalue weighted by Crippen LogP contribution is -2.26. The lowest BCUT2D eigenvalue weighted by Gasteiger charge is -2.12. The van der Waals surface area contributed by atoms with Crippen molar-refractivity contribution in [2.24, 2.45) is 5.92 Å². The van der Waals surface area contributed by atoms with E-state index in [0.29, 0.717) is 48.8 Å². The Morgan fingerprint density at radius 3 is 2.61 bits per heavy atom. The van der Waals surface area contributed by atoms with Crippen molar-refractivity contribution in [3.8, 4) is 11.5 Å². The zero-order valence-corrected chi connectivity index (χ0v) is 21.3. The van der Waals surface area contributed by atoms with E-state index in [-0.39, 0.29) is 17.9 Å². The van der Waals surface area contributed by atoms with Gasteiger partial charge in [-0.15, -0.1) is 10.2 Å². The molecule has 4 aromatic rings. The summed E-state index contributed by atoms with van der Waals surface area (Å²) in [7, 11) is 3.24. The van der Waals surface area contributed by atoms with Crippen molar-refractivity contribution in [1.82, 2.24) is 24.5 Å². The molecule has 0 aliphatic heterocycles. The third-order valence-electron chi connectivity index (χ3n) is 6.28. The molecule has 2 aromatic carbocycles. The molecule has 0 spiro atoms. The van der Waals surface area contributed by atoms with Crippen LogP contribution >= 0.6 is 0 Å². The highest BCUT2D eigenvalue weighted by Gasteiger charge is 2.17. The summed E-state index contributed by atoms with van der Waals surface area (Å²) in [4.78, 5) is 25.8. The molecule has 36 heavy (non-hydrogen) atoms. The van der Waals surface area contributed by atoms with Gasteiger partial charge in [0.2, 0.25) is 11.7 Å². The maximum absolute atomic E-state index is 13.2. The molecule has 0 radical (unpaired) electrons. The van der Waals surface area contributed by atoms with Crippen molar-refractivity contribution in [2.45, 2.75) is 46.1 Å². The van der Waals surface area contributed by atoms with Crippen LogP contribution < -0.4 is 20.3 Å². The number of hydrogen-bond acceptors (Lipinski definition) is 6. The van der Waals surface area contributed by atoms with E-state index >= 15 is 0 Å². The minimum absolute atomic E-state index is 0.0663. The lowest BCUT2D eigenvalue weighted by atomic mass is 10.1. The molecule has 2 aromatic heterocycles. The van der Waals surface area contributed by atoms with Gasteiger partial charge in [-0.2, -0.15) is 0 Å². The van der Waals surface area contributed by atoms with Crippen LogP contribution in [-0.4, -0.2) is 45.8 Å². The van der Waals surface area contributed by atoms with Crippen LogP contribution in [0.1, 0.15) is 38.1 Å². The van der Waals surface area contributed by atoms with Gasteiger partial charge in [-0.1, -0.05) is 26.0 Å². The third kappa shape index (κ3) is 5.35. The average molecular weight is 492 g/mol. The summed E-state index contributed by atoms with van der Waals surface area (Å²) >= 11 is 0. The number of methoxy groups -OCH3 is 2. The molecule has 9 nitrogen and oxygen atoms in total. The minimum atomic E-state index is -0.0777. The first-order chi connectivity index (χ1) is 17.4. The summed E-state index contributed by atoms with van der Waals surface area (Å²) in [6.07, 6.45) is 2.14. The number of amides is 1. The molecule has 0 saturated carbocycles. The molecule has 9 heteroatoms. The van der Waals surface area contributed by atoms with E-state index in [9.17, 15) is 9.59 Å². The lowest BCUT2D eigenvalue weighted by molar-refractivity contribution is -0.121. The number of carbonyl (C=O) groups excluding carboxylic acids is 1. The number of benzene rings is 2. The van der Waals surface area contributed by atoms with E-state index < -0.39 is 0 Å². The highest BCUT2D eigenvalue weighted by Crippen LogP contribution is 2.24. The predicted molar refractivity (Wildman–Crippen MR) is 139 cm³/mol. The molecule has 2 heterocycles. The first-order valence-corrected chi connectivity index (χ1v) is 12.3. The summed E-state index contributed by atoms with van der Waals surface area (Å²) in [5, 5.41) is 12.3. The van der Waals surface area contributed by atoms with Crippen LogP contribution in [0.3, 0.4) is 0 Å². The van der Waals surface area contributed by atoms with Crippen LogP contribution in [0.15, 0.2) is 47.3 Å². The highest BCUT2D eigenvalue weighted by molar-refractivity contribution is 5.80. The molecule has 1 amide bonds. The quantitative estimate of drug-likeness (QED) is 0.345. The number of fused-ring (bicyclic) bond motifs is 3. The maximum Gasteiger partial charge on any atom is 0.262 e. The molecule has 4 rings (SSSR count). The molecule has 0 atom stereocenters. The largest absolute Gasteiger partial charge is 0.497 e. The monoisotopic (exact) mass is 491 g/mol. The second-order valence-electron chi connectivity index (χ2n) is 9.19. The zero-order valence-electron chi connectivity index (χ0n) is 21.3.